The van der Waals surface area contributed by atoms with Crippen LogP contribution in [0.25, 0.3) is 0 Å². The number of carboxylic acids is 1. The number of carbonyl (C=O) groups is 1. The normalized spacial score (nSPS) is 27.6. The molecule has 2 fully saturated rings. The minimum absolute atomic E-state index is 0. The van der Waals surface area contributed by atoms with Crippen LogP contribution in [0.4, 0.5) is 0 Å². The Hall–Kier alpha value is -0.280. The first kappa shape index (κ1) is 13.8. The molecule has 0 radical (unpaired) electrons. The van der Waals surface area contributed by atoms with Gasteiger partial charge in [0.05, 0.1) is 5.92 Å². The summed E-state index contributed by atoms with van der Waals surface area (Å²) >= 11 is 0. The SMILES string of the molecule is Cl.O=C(O)C1CCCN(CC2CCCC2)C1. The smallest absolute Gasteiger partial charge is 0.307 e. The van der Waals surface area contributed by atoms with Crippen LogP contribution in [0.1, 0.15) is 38.5 Å². The van der Waals surface area contributed by atoms with Gasteiger partial charge in [-0.25, -0.2) is 0 Å². The van der Waals surface area contributed by atoms with Gasteiger partial charge in [0.2, 0.25) is 0 Å². The molecule has 0 aromatic rings. The molecule has 1 aliphatic carbocycles. The van der Waals surface area contributed by atoms with E-state index in [2.05, 4.69) is 4.90 Å². The maximum atomic E-state index is 10.9. The monoisotopic (exact) mass is 247 g/mol. The Bertz CT molecular complexity index is 229. The summed E-state index contributed by atoms with van der Waals surface area (Å²) in [5.74, 6) is 0.129. The van der Waals surface area contributed by atoms with Crippen molar-refractivity contribution < 1.29 is 9.90 Å². The van der Waals surface area contributed by atoms with Gasteiger partial charge in [-0.2, -0.15) is 0 Å². The van der Waals surface area contributed by atoms with Gasteiger partial charge < -0.3 is 10.0 Å². The molecule has 0 bridgehead atoms. The van der Waals surface area contributed by atoms with Crippen molar-refractivity contribution in [3.05, 3.63) is 0 Å². The van der Waals surface area contributed by atoms with E-state index in [1.54, 1.807) is 0 Å². The van der Waals surface area contributed by atoms with Crippen LogP contribution >= 0.6 is 12.4 Å². The second kappa shape index (κ2) is 6.45. The van der Waals surface area contributed by atoms with Crippen molar-refractivity contribution in [3.63, 3.8) is 0 Å². The van der Waals surface area contributed by atoms with E-state index in [9.17, 15) is 4.79 Å². The van der Waals surface area contributed by atoms with Gasteiger partial charge >= 0.3 is 5.97 Å². The molecule has 94 valence electrons. The molecule has 1 saturated heterocycles. The topological polar surface area (TPSA) is 40.5 Å². The Balaban J connectivity index is 0.00000128. The molecule has 0 spiro atoms. The van der Waals surface area contributed by atoms with Crippen LogP contribution in [0.5, 0.6) is 0 Å². The van der Waals surface area contributed by atoms with E-state index in [-0.39, 0.29) is 18.3 Å². The highest BCUT2D eigenvalue weighted by Crippen LogP contribution is 2.27. The first-order chi connectivity index (χ1) is 7.25. The lowest BCUT2D eigenvalue weighted by Crippen LogP contribution is -2.40. The van der Waals surface area contributed by atoms with E-state index < -0.39 is 5.97 Å². The van der Waals surface area contributed by atoms with Crippen LogP contribution in [0.2, 0.25) is 0 Å². The summed E-state index contributed by atoms with van der Waals surface area (Å²) in [4.78, 5) is 13.3. The number of carboxylic acid groups (broad SMARTS) is 1. The lowest BCUT2D eigenvalue weighted by molar-refractivity contribution is -0.143. The van der Waals surface area contributed by atoms with E-state index >= 15 is 0 Å². The number of nitrogens with zero attached hydrogens (tertiary/aromatic N) is 1. The number of aliphatic carboxylic acids is 1. The maximum Gasteiger partial charge on any atom is 0.307 e. The highest BCUT2D eigenvalue weighted by molar-refractivity contribution is 5.85. The first-order valence-corrected chi connectivity index (χ1v) is 6.21. The quantitative estimate of drug-likeness (QED) is 0.833. The van der Waals surface area contributed by atoms with Gasteiger partial charge in [-0.15, -0.1) is 12.4 Å². The molecule has 1 saturated carbocycles. The average molecular weight is 248 g/mol. The number of likely N-dealkylation sites (tertiary alicyclic amines) is 1. The van der Waals surface area contributed by atoms with Gasteiger partial charge in [0.1, 0.15) is 0 Å². The van der Waals surface area contributed by atoms with Crippen LogP contribution in [0, 0.1) is 11.8 Å². The fraction of sp³-hybridized carbons (Fsp3) is 0.917. The number of rotatable bonds is 3. The second-order valence-electron chi connectivity index (χ2n) is 5.09. The largest absolute Gasteiger partial charge is 0.481 e. The molecule has 0 amide bonds. The van der Waals surface area contributed by atoms with Gasteiger partial charge in [-0.3, -0.25) is 4.79 Å². The predicted octanol–water partition coefficient (Wildman–Crippen LogP) is 2.40. The zero-order valence-corrected chi connectivity index (χ0v) is 10.5. The van der Waals surface area contributed by atoms with Crippen molar-refractivity contribution in [1.29, 1.82) is 0 Å². The number of piperidine rings is 1. The Kier molecular flexibility index (Phi) is 5.56. The summed E-state index contributed by atoms with van der Waals surface area (Å²) in [6, 6.07) is 0. The van der Waals surface area contributed by atoms with Crippen molar-refractivity contribution in [3.8, 4) is 0 Å². The van der Waals surface area contributed by atoms with Gasteiger partial charge in [0.15, 0.2) is 0 Å². The molecular weight excluding hydrogens is 226 g/mol. The molecule has 0 aromatic heterocycles. The first-order valence-electron chi connectivity index (χ1n) is 6.21. The summed E-state index contributed by atoms with van der Waals surface area (Å²) in [7, 11) is 0. The summed E-state index contributed by atoms with van der Waals surface area (Å²) in [5, 5.41) is 8.99. The van der Waals surface area contributed by atoms with Gasteiger partial charge in [0, 0.05) is 13.1 Å². The van der Waals surface area contributed by atoms with Crippen molar-refractivity contribution in [1.82, 2.24) is 4.90 Å². The van der Waals surface area contributed by atoms with Crippen molar-refractivity contribution >= 4 is 18.4 Å². The Morgan fingerprint density at radius 3 is 2.50 bits per heavy atom. The highest BCUT2D eigenvalue weighted by atomic mass is 35.5. The molecule has 2 aliphatic rings. The summed E-state index contributed by atoms with van der Waals surface area (Å²) in [5.41, 5.74) is 0. The third-order valence-corrected chi connectivity index (χ3v) is 3.85. The van der Waals surface area contributed by atoms with Gasteiger partial charge in [-0.05, 0) is 38.1 Å². The predicted molar refractivity (Wildman–Crippen MR) is 66.0 cm³/mol. The van der Waals surface area contributed by atoms with E-state index in [0.29, 0.717) is 0 Å². The summed E-state index contributed by atoms with van der Waals surface area (Å²) < 4.78 is 0. The van der Waals surface area contributed by atoms with Crippen LogP contribution < -0.4 is 0 Å². The Morgan fingerprint density at radius 1 is 1.19 bits per heavy atom. The average Bonchev–Trinajstić information content (AvgIpc) is 2.71. The molecule has 1 heterocycles. The molecular formula is C12H22ClNO2. The summed E-state index contributed by atoms with van der Waals surface area (Å²) in [6.07, 6.45) is 7.39. The van der Waals surface area contributed by atoms with Crippen LogP contribution in [0.15, 0.2) is 0 Å². The van der Waals surface area contributed by atoms with E-state index in [4.69, 9.17) is 5.11 Å². The summed E-state index contributed by atoms with van der Waals surface area (Å²) in [6.45, 7) is 3.04. The molecule has 16 heavy (non-hydrogen) atoms. The molecule has 4 heteroatoms. The fourth-order valence-corrected chi connectivity index (χ4v) is 2.98. The Labute approximate surface area is 104 Å². The second-order valence-corrected chi connectivity index (χ2v) is 5.09. The van der Waals surface area contributed by atoms with Crippen LogP contribution in [-0.4, -0.2) is 35.6 Å². The lowest BCUT2D eigenvalue weighted by atomic mass is 9.97. The third kappa shape index (κ3) is 3.63. The molecule has 1 N–H and O–H groups in total. The van der Waals surface area contributed by atoms with Crippen LogP contribution in [-0.2, 0) is 4.79 Å². The molecule has 3 nitrogen and oxygen atoms in total. The number of hydrogen-bond acceptors (Lipinski definition) is 2. The number of hydrogen-bond donors (Lipinski definition) is 1. The van der Waals surface area contributed by atoms with Crippen LogP contribution in [0.3, 0.4) is 0 Å². The zero-order valence-electron chi connectivity index (χ0n) is 9.73. The molecule has 2 rings (SSSR count). The third-order valence-electron chi connectivity index (χ3n) is 3.85. The van der Waals surface area contributed by atoms with E-state index in [0.717, 1.165) is 38.4 Å². The Morgan fingerprint density at radius 2 is 1.88 bits per heavy atom. The van der Waals surface area contributed by atoms with E-state index in [1.165, 1.54) is 25.7 Å². The zero-order chi connectivity index (χ0) is 10.7. The van der Waals surface area contributed by atoms with Crippen molar-refractivity contribution in [2.45, 2.75) is 38.5 Å². The van der Waals surface area contributed by atoms with Gasteiger partial charge in [-0.1, -0.05) is 12.8 Å². The minimum atomic E-state index is -0.605. The van der Waals surface area contributed by atoms with Crippen molar-refractivity contribution in [2.75, 3.05) is 19.6 Å². The highest BCUT2D eigenvalue weighted by Gasteiger charge is 2.27. The van der Waals surface area contributed by atoms with Gasteiger partial charge in [0.25, 0.3) is 0 Å². The van der Waals surface area contributed by atoms with Crippen molar-refractivity contribution in [2.24, 2.45) is 11.8 Å². The maximum absolute atomic E-state index is 10.9. The molecule has 1 unspecified atom stereocenters. The molecule has 1 aliphatic heterocycles. The standard InChI is InChI=1S/C12H21NO2.ClH/c14-12(15)11-6-3-7-13(9-11)8-10-4-1-2-5-10;/h10-11H,1-9H2,(H,14,15);1H. The van der Waals surface area contributed by atoms with E-state index in [1.807, 2.05) is 0 Å². The fourth-order valence-electron chi connectivity index (χ4n) is 2.98. The molecule has 1 atom stereocenters. The number of halogens is 1. The minimum Gasteiger partial charge on any atom is -0.481 e. The lowest BCUT2D eigenvalue weighted by Gasteiger charge is -2.32. The molecule has 0 aromatic carbocycles.